The minimum atomic E-state index is -0.335. The molecule has 0 saturated carbocycles. The Balaban J connectivity index is 1.55. The molecule has 2 N–H and O–H groups in total. The van der Waals surface area contributed by atoms with Gasteiger partial charge in [-0.2, -0.15) is 0 Å². The molecule has 0 aliphatic rings. The van der Waals surface area contributed by atoms with E-state index < -0.39 is 0 Å². The van der Waals surface area contributed by atoms with Gasteiger partial charge in [0.2, 0.25) is 5.91 Å². The molecule has 9 heteroatoms. The SMILES string of the molecule is COc1ccc(NC(=O)CSc2nnc([C@@H](C)NC(=O)c3ccccc3)n2C)cc1. The first-order valence-corrected chi connectivity index (χ1v) is 10.3. The van der Waals surface area contributed by atoms with Crippen molar-refractivity contribution >= 4 is 29.3 Å². The molecular formula is C21H23N5O3S. The number of thioether (sulfide) groups is 1. The molecule has 3 aromatic rings. The summed E-state index contributed by atoms with van der Waals surface area (Å²) in [6.07, 6.45) is 0. The molecule has 8 nitrogen and oxygen atoms in total. The first-order chi connectivity index (χ1) is 14.5. The average molecular weight is 426 g/mol. The van der Waals surface area contributed by atoms with E-state index in [2.05, 4.69) is 20.8 Å². The first kappa shape index (κ1) is 21.4. The molecule has 3 rings (SSSR count). The molecule has 30 heavy (non-hydrogen) atoms. The topological polar surface area (TPSA) is 98.1 Å². The van der Waals surface area contributed by atoms with E-state index in [9.17, 15) is 9.59 Å². The van der Waals surface area contributed by atoms with Crippen molar-refractivity contribution in [3.63, 3.8) is 0 Å². The number of anilines is 1. The lowest BCUT2D eigenvalue weighted by atomic mass is 10.2. The smallest absolute Gasteiger partial charge is 0.251 e. The number of amides is 2. The van der Waals surface area contributed by atoms with Crippen LogP contribution in [0, 0.1) is 0 Å². The highest BCUT2D eigenvalue weighted by molar-refractivity contribution is 7.99. The zero-order valence-electron chi connectivity index (χ0n) is 17.0. The number of hydrogen-bond acceptors (Lipinski definition) is 6. The minimum Gasteiger partial charge on any atom is -0.497 e. The predicted octanol–water partition coefficient (Wildman–Crippen LogP) is 3.05. The van der Waals surface area contributed by atoms with E-state index >= 15 is 0 Å². The number of aromatic nitrogens is 3. The maximum Gasteiger partial charge on any atom is 0.251 e. The molecule has 0 radical (unpaired) electrons. The lowest BCUT2D eigenvalue weighted by Crippen LogP contribution is -2.28. The van der Waals surface area contributed by atoms with Crippen LogP contribution >= 0.6 is 11.8 Å². The van der Waals surface area contributed by atoms with E-state index in [1.54, 1.807) is 48.1 Å². The molecule has 2 amide bonds. The lowest BCUT2D eigenvalue weighted by molar-refractivity contribution is -0.113. The Labute approximate surface area is 179 Å². The Hall–Kier alpha value is -3.33. The van der Waals surface area contributed by atoms with Gasteiger partial charge in [-0.3, -0.25) is 9.59 Å². The molecule has 0 fully saturated rings. The molecule has 0 bridgehead atoms. The molecule has 0 spiro atoms. The Morgan fingerprint density at radius 3 is 2.47 bits per heavy atom. The van der Waals surface area contributed by atoms with Gasteiger partial charge in [0.1, 0.15) is 5.75 Å². The van der Waals surface area contributed by atoms with Gasteiger partial charge >= 0.3 is 0 Å². The number of carbonyl (C=O) groups excluding carboxylic acids is 2. The number of benzene rings is 2. The van der Waals surface area contributed by atoms with Crippen molar-refractivity contribution < 1.29 is 14.3 Å². The van der Waals surface area contributed by atoms with Crippen molar-refractivity contribution in [1.82, 2.24) is 20.1 Å². The van der Waals surface area contributed by atoms with Crippen molar-refractivity contribution in [3.8, 4) is 5.75 Å². The highest BCUT2D eigenvalue weighted by Crippen LogP contribution is 2.20. The van der Waals surface area contributed by atoms with Crippen molar-refractivity contribution in [2.45, 2.75) is 18.1 Å². The number of nitrogens with one attached hydrogen (secondary N) is 2. The van der Waals surface area contributed by atoms with E-state index in [1.807, 2.05) is 32.2 Å². The summed E-state index contributed by atoms with van der Waals surface area (Å²) in [6.45, 7) is 1.84. The van der Waals surface area contributed by atoms with E-state index in [1.165, 1.54) is 11.8 Å². The van der Waals surface area contributed by atoms with Crippen LogP contribution in [0.25, 0.3) is 0 Å². The molecule has 0 unspecified atom stereocenters. The minimum absolute atomic E-state index is 0.153. The molecular weight excluding hydrogens is 402 g/mol. The summed E-state index contributed by atoms with van der Waals surface area (Å²) in [7, 11) is 3.40. The fourth-order valence-corrected chi connectivity index (χ4v) is 3.48. The summed E-state index contributed by atoms with van der Waals surface area (Å²) in [5.74, 6) is 1.18. The van der Waals surface area contributed by atoms with Crippen LogP contribution in [0.1, 0.15) is 29.1 Å². The molecule has 1 aromatic heterocycles. The van der Waals surface area contributed by atoms with Crippen LogP contribution in [0.2, 0.25) is 0 Å². The summed E-state index contributed by atoms with van der Waals surface area (Å²) in [5.41, 5.74) is 1.27. The highest BCUT2D eigenvalue weighted by Gasteiger charge is 2.19. The molecule has 0 aliphatic heterocycles. The summed E-state index contributed by atoms with van der Waals surface area (Å²) in [5, 5.41) is 14.7. The quantitative estimate of drug-likeness (QED) is 0.539. The van der Waals surface area contributed by atoms with Crippen LogP contribution in [0.3, 0.4) is 0 Å². The predicted molar refractivity (Wildman–Crippen MR) is 116 cm³/mol. The zero-order valence-corrected chi connectivity index (χ0v) is 17.8. The van der Waals surface area contributed by atoms with Gasteiger partial charge in [-0.15, -0.1) is 10.2 Å². The van der Waals surface area contributed by atoms with Gasteiger partial charge < -0.3 is 19.9 Å². The number of ether oxygens (including phenoxy) is 1. The maximum absolute atomic E-state index is 12.3. The van der Waals surface area contributed by atoms with Crippen LogP contribution in [0.5, 0.6) is 5.75 Å². The third kappa shape index (κ3) is 5.38. The molecule has 0 aliphatic carbocycles. The fourth-order valence-electron chi connectivity index (χ4n) is 2.76. The van der Waals surface area contributed by atoms with E-state index in [0.717, 1.165) is 5.75 Å². The summed E-state index contributed by atoms with van der Waals surface area (Å²) in [6, 6.07) is 15.8. The maximum atomic E-state index is 12.3. The third-order valence-corrected chi connectivity index (χ3v) is 5.37. The van der Waals surface area contributed by atoms with Crippen LogP contribution in [0.15, 0.2) is 59.8 Å². The van der Waals surface area contributed by atoms with Crippen LogP contribution in [-0.4, -0.2) is 39.4 Å². The molecule has 2 aromatic carbocycles. The Kier molecular flexibility index (Phi) is 7.08. The Morgan fingerprint density at radius 2 is 1.80 bits per heavy atom. The van der Waals surface area contributed by atoms with Gasteiger partial charge in [-0.05, 0) is 43.3 Å². The lowest BCUT2D eigenvalue weighted by Gasteiger charge is -2.13. The summed E-state index contributed by atoms with van der Waals surface area (Å²) < 4.78 is 6.88. The zero-order chi connectivity index (χ0) is 21.5. The fraction of sp³-hybridized carbons (Fsp3) is 0.238. The van der Waals surface area contributed by atoms with Gasteiger partial charge in [0.05, 0.1) is 18.9 Å². The highest BCUT2D eigenvalue weighted by atomic mass is 32.2. The van der Waals surface area contributed by atoms with Gasteiger partial charge in [-0.25, -0.2) is 0 Å². The van der Waals surface area contributed by atoms with Crippen molar-refractivity contribution in [2.24, 2.45) is 7.05 Å². The van der Waals surface area contributed by atoms with Gasteiger partial charge in [0, 0.05) is 18.3 Å². The molecule has 156 valence electrons. The monoisotopic (exact) mass is 425 g/mol. The number of methoxy groups -OCH3 is 1. The van der Waals surface area contributed by atoms with E-state index in [-0.39, 0.29) is 23.6 Å². The average Bonchev–Trinajstić information content (AvgIpc) is 3.14. The van der Waals surface area contributed by atoms with Crippen LogP contribution in [-0.2, 0) is 11.8 Å². The van der Waals surface area contributed by atoms with Crippen LogP contribution < -0.4 is 15.4 Å². The Morgan fingerprint density at radius 1 is 1.10 bits per heavy atom. The molecule has 0 saturated heterocycles. The molecule has 1 atom stereocenters. The second-order valence-corrected chi connectivity index (χ2v) is 7.47. The second kappa shape index (κ2) is 9.93. The van der Waals surface area contributed by atoms with E-state index in [4.69, 9.17) is 4.74 Å². The Bertz CT molecular complexity index is 1010. The van der Waals surface area contributed by atoms with Gasteiger partial charge in [0.25, 0.3) is 5.91 Å². The van der Waals surface area contributed by atoms with Crippen LogP contribution in [0.4, 0.5) is 5.69 Å². The first-order valence-electron chi connectivity index (χ1n) is 9.30. The van der Waals surface area contributed by atoms with Crippen molar-refractivity contribution in [2.75, 3.05) is 18.2 Å². The normalized spacial score (nSPS) is 11.6. The van der Waals surface area contributed by atoms with Crippen molar-refractivity contribution in [3.05, 3.63) is 66.0 Å². The summed E-state index contributed by atoms with van der Waals surface area (Å²) >= 11 is 1.28. The third-order valence-electron chi connectivity index (χ3n) is 4.35. The summed E-state index contributed by atoms with van der Waals surface area (Å²) in [4.78, 5) is 24.6. The number of hydrogen-bond donors (Lipinski definition) is 2. The second-order valence-electron chi connectivity index (χ2n) is 6.53. The van der Waals surface area contributed by atoms with Gasteiger partial charge in [0.15, 0.2) is 11.0 Å². The number of rotatable bonds is 8. The number of carbonyl (C=O) groups is 2. The largest absolute Gasteiger partial charge is 0.497 e. The van der Waals surface area contributed by atoms with Gasteiger partial charge in [-0.1, -0.05) is 30.0 Å². The molecule has 1 heterocycles. The van der Waals surface area contributed by atoms with Crippen molar-refractivity contribution in [1.29, 1.82) is 0 Å². The van der Waals surface area contributed by atoms with E-state index in [0.29, 0.717) is 22.2 Å². The standard InChI is InChI=1S/C21H23N5O3S/c1-14(22-20(28)15-7-5-4-6-8-15)19-24-25-21(26(19)2)30-13-18(27)23-16-9-11-17(29-3)12-10-16/h4-12,14H,13H2,1-3H3,(H,22,28)(H,23,27)/t14-/m1/s1. The number of nitrogens with zero attached hydrogens (tertiary/aromatic N) is 3.